The van der Waals surface area contributed by atoms with E-state index in [4.69, 9.17) is 17.3 Å². The van der Waals surface area contributed by atoms with Crippen molar-refractivity contribution in [2.24, 2.45) is 5.73 Å². The highest BCUT2D eigenvalue weighted by Gasteiger charge is 2.15. The number of halogens is 1. The van der Waals surface area contributed by atoms with Crippen molar-refractivity contribution >= 4 is 29.0 Å². The van der Waals surface area contributed by atoms with Crippen LogP contribution < -0.4 is 5.73 Å². The molecule has 3 heterocycles. The molecule has 0 aliphatic heterocycles. The first-order valence-corrected chi connectivity index (χ1v) is 7.84. The third-order valence-corrected chi connectivity index (χ3v) is 4.20. The van der Waals surface area contributed by atoms with Crippen molar-refractivity contribution in [1.29, 1.82) is 0 Å². The number of fused-ring (bicyclic) bond motifs is 1. The molecule has 3 aromatic rings. The molecule has 108 valence electrons. The van der Waals surface area contributed by atoms with Gasteiger partial charge >= 0.3 is 0 Å². The average Bonchev–Trinajstić information content (AvgIpc) is 2.79. The van der Waals surface area contributed by atoms with Crippen LogP contribution in [-0.2, 0) is 6.42 Å². The number of rotatable bonds is 4. The van der Waals surface area contributed by atoms with Gasteiger partial charge in [0.05, 0.1) is 10.7 Å². The fourth-order valence-electron chi connectivity index (χ4n) is 2.12. The molecule has 21 heavy (non-hydrogen) atoms. The molecule has 1 unspecified atom stereocenters. The van der Waals surface area contributed by atoms with E-state index in [0.717, 1.165) is 27.8 Å². The molecule has 3 rings (SSSR count). The second-order valence-electron chi connectivity index (χ2n) is 4.89. The molecule has 1 atom stereocenters. The first-order valence-electron chi connectivity index (χ1n) is 6.64. The molecule has 3 aromatic heterocycles. The van der Waals surface area contributed by atoms with Crippen LogP contribution in [0.2, 0.25) is 5.02 Å². The number of nitrogens with zero attached hydrogens (tertiary/aromatic N) is 3. The van der Waals surface area contributed by atoms with Crippen molar-refractivity contribution in [1.82, 2.24) is 14.4 Å². The van der Waals surface area contributed by atoms with E-state index in [1.54, 1.807) is 6.20 Å². The Morgan fingerprint density at radius 3 is 2.90 bits per heavy atom. The summed E-state index contributed by atoms with van der Waals surface area (Å²) in [7, 11) is 0. The van der Waals surface area contributed by atoms with Crippen LogP contribution in [0, 0.1) is 0 Å². The molecule has 0 saturated carbocycles. The van der Waals surface area contributed by atoms with Gasteiger partial charge in [0.2, 0.25) is 0 Å². The lowest BCUT2D eigenvalue weighted by atomic mass is 10.2. The van der Waals surface area contributed by atoms with Gasteiger partial charge in [0, 0.05) is 24.9 Å². The lowest BCUT2D eigenvalue weighted by molar-refractivity contribution is 0.705. The van der Waals surface area contributed by atoms with Crippen molar-refractivity contribution in [3.05, 3.63) is 53.4 Å². The Hall–Kier alpha value is -1.56. The van der Waals surface area contributed by atoms with Crippen LogP contribution in [0.3, 0.4) is 0 Å². The number of hydrogen-bond acceptors (Lipinski definition) is 4. The molecule has 0 amide bonds. The molecule has 0 spiro atoms. The van der Waals surface area contributed by atoms with Gasteiger partial charge in [-0.1, -0.05) is 17.7 Å². The predicted octanol–water partition coefficient (Wildman–Crippen LogP) is 3.42. The molecular formula is C15H15ClN4S. The van der Waals surface area contributed by atoms with E-state index in [2.05, 4.69) is 14.4 Å². The smallest absolute Gasteiger partial charge is 0.138 e. The Morgan fingerprint density at radius 1 is 1.33 bits per heavy atom. The van der Waals surface area contributed by atoms with Gasteiger partial charge in [-0.15, -0.1) is 0 Å². The lowest BCUT2D eigenvalue weighted by Crippen LogP contribution is -2.19. The maximum Gasteiger partial charge on any atom is 0.138 e. The standard InChI is InChI=1S/C15H15ClN4S/c1-10(17)8-12-15(19-13-4-2-3-7-20(12)13)21-14-6-5-11(16)9-18-14/h2-7,9-10H,8,17H2,1H3. The maximum atomic E-state index is 5.97. The van der Waals surface area contributed by atoms with Gasteiger partial charge in [-0.25, -0.2) is 9.97 Å². The highest BCUT2D eigenvalue weighted by atomic mass is 35.5. The van der Waals surface area contributed by atoms with Crippen LogP contribution in [0.4, 0.5) is 0 Å². The van der Waals surface area contributed by atoms with Gasteiger partial charge in [0.15, 0.2) is 0 Å². The summed E-state index contributed by atoms with van der Waals surface area (Å²) in [5.74, 6) is 0. The summed E-state index contributed by atoms with van der Waals surface area (Å²) in [5, 5.41) is 2.44. The zero-order chi connectivity index (χ0) is 14.8. The molecule has 0 fully saturated rings. The van der Waals surface area contributed by atoms with Gasteiger partial charge in [0.1, 0.15) is 15.7 Å². The normalized spacial score (nSPS) is 12.7. The van der Waals surface area contributed by atoms with Gasteiger partial charge in [0.25, 0.3) is 0 Å². The molecule has 0 aliphatic rings. The third-order valence-electron chi connectivity index (χ3n) is 3.01. The minimum Gasteiger partial charge on any atom is -0.328 e. The summed E-state index contributed by atoms with van der Waals surface area (Å²) in [6, 6.07) is 9.76. The zero-order valence-corrected chi connectivity index (χ0v) is 13.1. The molecule has 2 N–H and O–H groups in total. The van der Waals surface area contributed by atoms with Crippen molar-refractivity contribution in [3.63, 3.8) is 0 Å². The summed E-state index contributed by atoms with van der Waals surface area (Å²) in [6.45, 7) is 2.00. The van der Waals surface area contributed by atoms with Gasteiger partial charge < -0.3 is 10.1 Å². The van der Waals surface area contributed by atoms with E-state index in [0.29, 0.717) is 5.02 Å². The fraction of sp³-hybridized carbons (Fsp3) is 0.200. The summed E-state index contributed by atoms with van der Waals surface area (Å²) < 4.78 is 2.08. The molecule has 0 bridgehead atoms. The van der Waals surface area contributed by atoms with E-state index >= 15 is 0 Å². The summed E-state index contributed by atoms with van der Waals surface area (Å²) in [6.07, 6.45) is 4.42. The molecular weight excluding hydrogens is 304 g/mol. The first-order chi connectivity index (χ1) is 10.1. The Kier molecular flexibility index (Phi) is 4.14. The highest BCUT2D eigenvalue weighted by molar-refractivity contribution is 7.99. The Bertz CT molecular complexity index is 752. The quantitative estimate of drug-likeness (QED) is 0.800. The molecule has 0 aliphatic carbocycles. The van der Waals surface area contributed by atoms with Crippen LogP contribution in [0.5, 0.6) is 0 Å². The van der Waals surface area contributed by atoms with E-state index in [1.807, 2.05) is 43.5 Å². The van der Waals surface area contributed by atoms with E-state index in [9.17, 15) is 0 Å². The summed E-state index contributed by atoms with van der Waals surface area (Å²) in [4.78, 5) is 9.00. The average molecular weight is 319 g/mol. The number of imidazole rings is 1. The summed E-state index contributed by atoms with van der Waals surface area (Å²) in [5.41, 5.74) is 8.01. The minimum absolute atomic E-state index is 0.0719. The fourth-order valence-corrected chi connectivity index (χ4v) is 3.11. The maximum absolute atomic E-state index is 5.97. The van der Waals surface area contributed by atoms with Crippen LogP contribution >= 0.6 is 23.4 Å². The first kappa shape index (κ1) is 14.4. The molecule has 4 nitrogen and oxygen atoms in total. The topological polar surface area (TPSA) is 56.2 Å². The van der Waals surface area contributed by atoms with E-state index in [-0.39, 0.29) is 6.04 Å². The van der Waals surface area contributed by atoms with Crippen molar-refractivity contribution in [2.75, 3.05) is 0 Å². The van der Waals surface area contributed by atoms with E-state index < -0.39 is 0 Å². The van der Waals surface area contributed by atoms with Gasteiger partial charge in [-0.2, -0.15) is 0 Å². The van der Waals surface area contributed by atoms with Crippen molar-refractivity contribution in [3.8, 4) is 0 Å². The van der Waals surface area contributed by atoms with Crippen LogP contribution in [0.1, 0.15) is 12.6 Å². The van der Waals surface area contributed by atoms with Crippen molar-refractivity contribution < 1.29 is 0 Å². The summed E-state index contributed by atoms with van der Waals surface area (Å²) >= 11 is 7.40. The second kappa shape index (κ2) is 6.05. The van der Waals surface area contributed by atoms with Gasteiger partial charge in [-0.3, -0.25) is 0 Å². The van der Waals surface area contributed by atoms with Crippen LogP contribution in [0.25, 0.3) is 5.65 Å². The molecule has 0 radical (unpaired) electrons. The second-order valence-corrected chi connectivity index (χ2v) is 6.34. The van der Waals surface area contributed by atoms with Crippen LogP contribution in [0.15, 0.2) is 52.8 Å². The Labute approximate surface area is 132 Å². The number of aromatic nitrogens is 3. The van der Waals surface area contributed by atoms with Crippen LogP contribution in [-0.4, -0.2) is 20.4 Å². The largest absolute Gasteiger partial charge is 0.328 e. The molecule has 0 saturated heterocycles. The number of hydrogen-bond donors (Lipinski definition) is 1. The van der Waals surface area contributed by atoms with Crippen molar-refractivity contribution in [2.45, 2.75) is 29.4 Å². The number of nitrogens with two attached hydrogens (primary N) is 1. The predicted molar refractivity (Wildman–Crippen MR) is 85.9 cm³/mol. The number of pyridine rings is 2. The Morgan fingerprint density at radius 2 is 2.19 bits per heavy atom. The SMILES string of the molecule is CC(N)Cc1c(Sc2ccc(Cl)cn2)nc2ccccn12. The monoisotopic (exact) mass is 318 g/mol. The lowest BCUT2D eigenvalue weighted by Gasteiger charge is -2.07. The van der Waals surface area contributed by atoms with Gasteiger partial charge in [-0.05, 0) is 43.0 Å². The minimum atomic E-state index is 0.0719. The highest BCUT2D eigenvalue weighted by Crippen LogP contribution is 2.30. The Balaban J connectivity index is 2.02. The molecule has 6 heteroatoms. The third kappa shape index (κ3) is 3.20. The zero-order valence-electron chi connectivity index (χ0n) is 11.5. The van der Waals surface area contributed by atoms with E-state index in [1.165, 1.54) is 11.8 Å². The molecule has 0 aromatic carbocycles.